The predicted molar refractivity (Wildman–Crippen MR) is 127 cm³/mol. The molecular weight excluding hydrogens is 410 g/mol. The van der Waals surface area contributed by atoms with Crippen molar-refractivity contribution in [3.63, 3.8) is 0 Å². The molecule has 0 saturated carbocycles. The lowest BCUT2D eigenvalue weighted by molar-refractivity contribution is 0.174. The molecule has 1 aliphatic rings. The van der Waals surface area contributed by atoms with Gasteiger partial charge in [-0.3, -0.25) is 19.2 Å². The molecule has 0 amide bonds. The number of rotatable bonds is 5. The van der Waals surface area contributed by atoms with Crippen molar-refractivity contribution in [3.05, 3.63) is 64.2 Å². The van der Waals surface area contributed by atoms with E-state index in [1.165, 1.54) is 0 Å². The molecule has 1 unspecified atom stereocenters. The van der Waals surface area contributed by atoms with Crippen molar-refractivity contribution in [2.45, 2.75) is 38.8 Å². The highest BCUT2D eigenvalue weighted by Gasteiger charge is 2.24. The van der Waals surface area contributed by atoms with Crippen LogP contribution in [0, 0.1) is 0 Å². The first kappa shape index (κ1) is 21.5. The highest BCUT2D eigenvalue weighted by atomic mass is 35.5. The fraction of sp³-hybridized carbons (Fsp3) is 0.375. The summed E-state index contributed by atoms with van der Waals surface area (Å²) in [7, 11) is 1.77. The summed E-state index contributed by atoms with van der Waals surface area (Å²) < 4.78 is 1.61. The quantitative estimate of drug-likeness (QED) is 0.639. The largest absolute Gasteiger partial charge is 0.352 e. The van der Waals surface area contributed by atoms with E-state index in [4.69, 9.17) is 16.6 Å². The lowest BCUT2D eigenvalue weighted by Crippen LogP contribution is -2.46. The Morgan fingerprint density at radius 3 is 2.48 bits per heavy atom. The molecule has 1 aliphatic heterocycles. The van der Waals surface area contributed by atoms with Gasteiger partial charge in [0.1, 0.15) is 0 Å². The summed E-state index contributed by atoms with van der Waals surface area (Å²) in [4.78, 5) is 25.0. The van der Waals surface area contributed by atoms with Gasteiger partial charge < -0.3 is 5.32 Å². The van der Waals surface area contributed by atoms with Crippen LogP contribution in [0.3, 0.4) is 0 Å². The molecule has 7 heteroatoms. The molecule has 3 aromatic rings. The van der Waals surface area contributed by atoms with Gasteiger partial charge in [0.05, 0.1) is 11.3 Å². The number of nitrogens with one attached hydrogen (secondary N) is 1. The van der Waals surface area contributed by atoms with Crippen molar-refractivity contribution in [2.24, 2.45) is 7.05 Å². The molecule has 1 fully saturated rings. The third-order valence-electron chi connectivity index (χ3n) is 5.89. The van der Waals surface area contributed by atoms with Crippen molar-refractivity contribution in [2.75, 3.05) is 18.4 Å². The molecule has 1 N–H and O–H groups in total. The van der Waals surface area contributed by atoms with E-state index >= 15 is 0 Å². The van der Waals surface area contributed by atoms with E-state index in [0.717, 1.165) is 37.1 Å². The van der Waals surface area contributed by atoms with Crippen LogP contribution in [-0.2, 0) is 7.05 Å². The minimum Gasteiger partial charge on any atom is -0.352 e. The molecule has 2 aromatic heterocycles. The predicted octanol–water partition coefficient (Wildman–Crippen LogP) is 4.45. The average molecular weight is 438 g/mol. The van der Waals surface area contributed by atoms with Crippen LogP contribution in [0.5, 0.6) is 0 Å². The molecule has 4 rings (SSSR count). The number of likely N-dealkylation sites (tertiary alicyclic amines) is 1. The fourth-order valence-electron chi connectivity index (χ4n) is 4.10. The van der Waals surface area contributed by atoms with Gasteiger partial charge >= 0.3 is 0 Å². The van der Waals surface area contributed by atoms with Crippen molar-refractivity contribution in [1.29, 1.82) is 0 Å². The highest BCUT2D eigenvalue weighted by molar-refractivity contribution is 6.30. The monoisotopic (exact) mass is 437 g/mol. The van der Waals surface area contributed by atoms with Crippen LogP contribution in [0.2, 0.25) is 5.02 Å². The van der Waals surface area contributed by atoms with Crippen LogP contribution in [-0.4, -0.2) is 44.6 Å². The highest BCUT2D eigenvalue weighted by Crippen LogP contribution is 2.30. The third kappa shape index (κ3) is 4.65. The maximum Gasteiger partial charge on any atom is 0.263 e. The zero-order chi connectivity index (χ0) is 22.0. The van der Waals surface area contributed by atoms with E-state index in [1.54, 1.807) is 36.1 Å². The smallest absolute Gasteiger partial charge is 0.263 e. The molecule has 6 nitrogen and oxygen atoms in total. The molecular formula is C24H28ClN5O. The van der Waals surface area contributed by atoms with Crippen LogP contribution in [0.15, 0.2) is 53.6 Å². The topological polar surface area (TPSA) is 63.0 Å². The van der Waals surface area contributed by atoms with Crippen molar-refractivity contribution < 1.29 is 0 Å². The van der Waals surface area contributed by atoms with Crippen LogP contribution in [0.4, 0.5) is 5.95 Å². The van der Waals surface area contributed by atoms with E-state index in [-0.39, 0.29) is 11.6 Å². The van der Waals surface area contributed by atoms with Gasteiger partial charge in [-0.15, -0.1) is 0 Å². The van der Waals surface area contributed by atoms with E-state index in [0.29, 0.717) is 28.3 Å². The van der Waals surface area contributed by atoms with Gasteiger partial charge in [0.2, 0.25) is 5.95 Å². The summed E-state index contributed by atoms with van der Waals surface area (Å²) in [6, 6.07) is 11.8. The Morgan fingerprint density at radius 2 is 1.81 bits per heavy atom. The number of piperidine rings is 1. The van der Waals surface area contributed by atoms with Crippen molar-refractivity contribution >= 4 is 17.5 Å². The molecule has 1 saturated heterocycles. The van der Waals surface area contributed by atoms with E-state index in [9.17, 15) is 4.79 Å². The molecule has 0 bridgehead atoms. The number of hydrogen-bond donors (Lipinski definition) is 1. The van der Waals surface area contributed by atoms with Crippen LogP contribution in [0.1, 0.15) is 26.7 Å². The van der Waals surface area contributed by atoms with Crippen molar-refractivity contribution in [3.8, 4) is 22.4 Å². The molecule has 1 aromatic carbocycles. The second-order valence-electron chi connectivity index (χ2n) is 8.34. The van der Waals surface area contributed by atoms with Gasteiger partial charge in [-0.05, 0) is 63.1 Å². The van der Waals surface area contributed by atoms with Gasteiger partial charge in [0.15, 0.2) is 0 Å². The Labute approximate surface area is 187 Å². The minimum atomic E-state index is -0.0943. The summed E-state index contributed by atoms with van der Waals surface area (Å²) in [6.45, 7) is 6.49. The number of anilines is 1. The standard InChI is InChI=1S/C24H28ClN5O/c1-16(2)30-14-4-5-20(15-30)27-24-28-22(18-10-12-26-13-11-18)21(23(31)29(24)3)17-6-8-19(25)9-7-17/h6-13,16,20H,4-5,14-15H2,1-3H3,(H,27,28). The maximum absolute atomic E-state index is 13.5. The number of benzene rings is 1. The van der Waals surface area contributed by atoms with Gasteiger partial charge in [0, 0.05) is 48.7 Å². The van der Waals surface area contributed by atoms with Gasteiger partial charge in [-0.2, -0.15) is 0 Å². The number of nitrogens with zero attached hydrogens (tertiary/aromatic N) is 4. The lowest BCUT2D eigenvalue weighted by Gasteiger charge is -2.36. The van der Waals surface area contributed by atoms with E-state index in [1.807, 2.05) is 24.3 Å². The van der Waals surface area contributed by atoms with E-state index < -0.39 is 0 Å². The normalized spacial score (nSPS) is 17.1. The molecule has 31 heavy (non-hydrogen) atoms. The first-order chi connectivity index (χ1) is 14.9. The van der Waals surface area contributed by atoms with Gasteiger partial charge in [-0.1, -0.05) is 23.7 Å². The number of pyridine rings is 1. The van der Waals surface area contributed by atoms with Crippen LogP contribution < -0.4 is 10.9 Å². The molecule has 0 spiro atoms. The van der Waals surface area contributed by atoms with E-state index in [2.05, 4.69) is 29.0 Å². The molecule has 3 heterocycles. The first-order valence-electron chi connectivity index (χ1n) is 10.7. The van der Waals surface area contributed by atoms with Crippen molar-refractivity contribution in [1.82, 2.24) is 19.4 Å². The first-order valence-corrected chi connectivity index (χ1v) is 11.1. The Balaban J connectivity index is 1.79. The van der Waals surface area contributed by atoms with Crippen LogP contribution in [0.25, 0.3) is 22.4 Å². The summed E-state index contributed by atoms with van der Waals surface area (Å²) in [5.41, 5.74) is 2.76. The number of aromatic nitrogens is 3. The average Bonchev–Trinajstić information content (AvgIpc) is 2.78. The summed E-state index contributed by atoms with van der Waals surface area (Å²) in [6.07, 6.45) is 5.62. The number of halogens is 1. The minimum absolute atomic E-state index is 0.0943. The molecule has 0 aliphatic carbocycles. The molecule has 0 radical (unpaired) electrons. The Kier molecular flexibility index (Phi) is 6.39. The zero-order valence-electron chi connectivity index (χ0n) is 18.2. The third-order valence-corrected chi connectivity index (χ3v) is 6.15. The summed E-state index contributed by atoms with van der Waals surface area (Å²) >= 11 is 6.07. The Bertz CT molecular complexity index is 1100. The van der Waals surface area contributed by atoms with Gasteiger partial charge in [0.25, 0.3) is 5.56 Å². The molecule has 1 atom stereocenters. The number of hydrogen-bond acceptors (Lipinski definition) is 5. The van der Waals surface area contributed by atoms with Gasteiger partial charge in [-0.25, -0.2) is 4.98 Å². The summed E-state index contributed by atoms with van der Waals surface area (Å²) in [5, 5.41) is 4.18. The second kappa shape index (κ2) is 9.20. The fourth-order valence-corrected chi connectivity index (χ4v) is 4.23. The second-order valence-corrected chi connectivity index (χ2v) is 8.77. The SMILES string of the molecule is CC(C)N1CCCC(Nc2nc(-c3ccncc3)c(-c3ccc(Cl)cc3)c(=O)n2C)C1. The molecule has 162 valence electrons. The Morgan fingerprint density at radius 1 is 1.10 bits per heavy atom. The Hall–Kier alpha value is -2.70. The van der Waals surface area contributed by atoms with Crippen LogP contribution >= 0.6 is 11.6 Å². The maximum atomic E-state index is 13.5. The summed E-state index contributed by atoms with van der Waals surface area (Å²) in [5.74, 6) is 0.588. The zero-order valence-corrected chi connectivity index (χ0v) is 18.9. The lowest BCUT2D eigenvalue weighted by atomic mass is 10.0.